The lowest BCUT2D eigenvalue weighted by Gasteiger charge is -2.23. The van der Waals surface area contributed by atoms with Crippen LogP contribution in [0.25, 0.3) is 0 Å². The maximum atomic E-state index is 12.0. The van der Waals surface area contributed by atoms with Crippen LogP contribution in [0.1, 0.15) is 36.1 Å². The highest BCUT2D eigenvalue weighted by Crippen LogP contribution is 2.25. The van der Waals surface area contributed by atoms with E-state index in [1.165, 1.54) is 18.4 Å². The van der Waals surface area contributed by atoms with Crippen molar-refractivity contribution in [3.05, 3.63) is 35.4 Å². The standard InChI is InChI=1S/C14H21NO2S/c1-2-3-4-12-5-7-13(8-6-12)14-11-15-9-10-18(14,16)17/h5-8,14-15H,2-4,9-11H2,1H3. The van der Waals surface area contributed by atoms with Crippen LogP contribution in [-0.2, 0) is 16.3 Å². The molecule has 3 nitrogen and oxygen atoms in total. The molecule has 0 amide bonds. The van der Waals surface area contributed by atoms with Crippen LogP contribution in [-0.4, -0.2) is 27.3 Å². The molecule has 1 heterocycles. The normalized spacial score (nSPS) is 22.8. The minimum absolute atomic E-state index is 0.245. The summed E-state index contributed by atoms with van der Waals surface area (Å²) in [5.74, 6) is 0.245. The van der Waals surface area contributed by atoms with Crippen molar-refractivity contribution < 1.29 is 8.42 Å². The lowest BCUT2D eigenvalue weighted by Crippen LogP contribution is -2.38. The second-order valence-corrected chi connectivity index (χ2v) is 7.21. The molecular weight excluding hydrogens is 246 g/mol. The molecule has 0 radical (unpaired) electrons. The van der Waals surface area contributed by atoms with Gasteiger partial charge in [-0.1, -0.05) is 37.6 Å². The first-order chi connectivity index (χ1) is 8.63. The summed E-state index contributed by atoms with van der Waals surface area (Å²) in [6.07, 6.45) is 3.44. The minimum Gasteiger partial charge on any atom is -0.314 e. The lowest BCUT2D eigenvalue weighted by atomic mass is 10.0. The van der Waals surface area contributed by atoms with Crippen LogP contribution in [0.3, 0.4) is 0 Å². The van der Waals surface area contributed by atoms with Crippen LogP contribution >= 0.6 is 0 Å². The summed E-state index contributed by atoms with van der Waals surface area (Å²) in [7, 11) is -2.97. The first kappa shape index (κ1) is 13.6. The van der Waals surface area contributed by atoms with Crippen LogP contribution in [0.4, 0.5) is 0 Å². The molecule has 4 heteroatoms. The molecule has 1 N–H and O–H groups in total. The number of rotatable bonds is 4. The van der Waals surface area contributed by atoms with Gasteiger partial charge in [0.1, 0.15) is 0 Å². The van der Waals surface area contributed by atoms with Crippen LogP contribution in [0.5, 0.6) is 0 Å². The molecule has 1 atom stereocenters. The zero-order valence-electron chi connectivity index (χ0n) is 10.9. The van der Waals surface area contributed by atoms with E-state index in [2.05, 4.69) is 24.4 Å². The van der Waals surface area contributed by atoms with E-state index in [4.69, 9.17) is 0 Å². The Morgan fingerprint density at radius 1 is 1.28 bits per heavy atom. The summed E-state index contributed by atoms with van der Waals surface area (Å²) in [6.45, 7) is 3.29. The first-order valence-corrected chi connectivity index (χ1v) is 8.36. The van der Waals surface area contributed by atoms with Crippen LogP contribution < -0.4 is 5.32 Å². The number of benzene rings is 1. The lowest BCUT2D eigenvalue weighted by molar-refractivity contribution is 0.551. The van der Waals surface area contributed by atoms with E-state index in [1.807, 2.05) is 12.1 Å². The van der Waals surface area contributed by atoms with Gasteiger partial charge in [0.25, 0.3) is 0 Å². The molecule has 1 fully saturated rings. The molecule has 2 rings (SSSR count). The largest absolute Gasteiger partial charge is 0.314 e. The zero-order chi connectivity index (χ0) is 13.0. The van der Waals surface area contributed by atoms with E-state index in [1.54, 1.807) is 0 Å². The summed E-state index contributed by atoms with van der Waals surface area (Å²) in [5, 5.41) is 2.79. The molecule has 0 bridgehead atoms. The van der Waals surface area contributed by atoms with Crippen molar-refractivity contribution in [3.63, 3.8) is 0 Å². The third-order valence-corrected chi connectivity index (χ3v) is 5.58. The van der Waals surface area contributed by atoms with Crippen molar-refractivity contribution in [2.45, 2.75) is 31.4 Å². The highest BCUT2D eigenvalue weighted by molar-refractivity contribution is 7.91. The smallest absolute Gasteiger partial charge is 0.159 e. The molecule has 1 unspecified atom stereocenters. The van der Waals surface area contributed by atoms with Gasteiger partial charge >= 0.3 is 0 Å². The second kappa shape index (κ2) is 5.85. The number of hydrogen-bond acceptors (Lipinski definition) is 3. The third kappa shape index (κ3) is 3.12. The molecule has 1 aromatic carbocycles. The average molecular weight is 267 g/mol. The van der Waals surface area contributed by atoms with Crippen LogP contribution in [0, 0.1) is 0 Å². The van der Waals surface area contributed by atoms with E-state index < -0.39 is 9.84 Å². The van der Waals surface area contributed by atoms with Crippen molar-refractivity contribution >= 4 is 9.84 Å². The molecule has 0 saturated carbocycles. The Morgan fingerprint density at radius 3 is 2.61 bits per heavy atom. The molecule has 0 aliphatic carbocycles. The van der Waals surface area contributed by atoms with E-state index >= 15 is 0 Å². The monoisotopic (exact) mass is 267 g/mol. The SMILES string of the molecule is CCCCc1ccc(C2CNCCS2(=O)=O)cc1. The highest BCUT2D eigenvalue weighted by Gasteiger charge is 2.29. The summed E-state index contributed by atoms with van der Waals surface area (Å²) >= 11 is 0. The van der Waals surface area contributed by atoms with Crippen molar-refractivity contribution in [2.75, 3.05) is 18.8 Å². The molecule has 0 spiro atoms. The van der Waals surface area contributed by atoms with Gasteiger partial charge < -0.3 is 5.32 Å². The average Bonchev–Trinajstić information content (AvgIpc) is 2.37. The predicted octanol–water partition coefficient (Wildman–Crippen LogP) is 2.09. The van der Waals surface area contributed by atoms with Gasteiger partial charge in [0, 0.05) is 13.1 Å². The second-order valence-electron chi connectivity index (χ2n) is 4.90. The Kier molecular flexibility index (Phi) is 4.40. The van der Waals surface area contributed by atoms with Crippen LogP contribution in [0.2, 0.25) is 0 Å². The van der Waals surface area contributed by atoms with Crippen molar-refractivity contribution in [1.29, 1.82) is 0 Å². The van der Waals surface area contributed by atoms with Crippen molar-refractivity contribution in [1.82, 2.24) is 5.32 Å². The number of hydrogen-bond donors (Lipinski definition) is 1. The number of unbranched alkanes of at least 4 members (excludes halogenated alkanes) is 1. The molecule has 0 aromatic heterocycles. The Hall–Kier alpha value is -0.870. The topological polar surface area (TPSA) is 46.2 Å². The summed E-state index contributed by atoms with van der Waals surface area (Å²) < 4.78 is 24.0. The quantitative estimate of drug-likeness (QED) is 0.908. The van der Waals surface area contributed by atoms with Gasteiger partial charge in [-0.3, -0.25) is 0 Å². The summed E-state index contributed by atoms with van der Waals surface area (Å²) in [4.78, 5) is 0. The van der Waals surface area contributed by atoms with E-state index in [0.717, 1.165) is 12.0 Å². The molecule has 18 heavy (non-hydrogen) atoms. The molecular formula is C14H21NO2S. The molecule has 1 aliphatic heterocycles. The van der Waals surface area contributed by atoms with E-state index in [0.29, 0.717) is 13.1 Å². The number of sulfone groups is 1. The Morgan fingerprint density at radius 2 is 2.00 bits per heavy atom. The van der Waals surface area contributed by atoms with Crippen molar-refractivity contribution in [3.8, 4) is 0 Å². The molecule has 100 valence electrons. The van der Waals surface area contributed by atoms with Gasteiger partial charge in [0.15, 0.2) is 9.84 Å². The van der Waals surface area contributed by atoms with E-state index in [9.17, 15) is 8.42 Å². The maximum Gasteiger partial charge on any atom is 0.159 e. The maximum absolute atomic E-state index is 12.0. The summed E-state index contributed by atoms with van der Waals surface area (Å²) in [5.41, 5.74) is 2.21. The molecule has 1 saturated heterocycles. The van der Waals surface area contributed by atoms with Gasteiger partial charge in [-0.15, -0.1) is 0 Å². The Bertz CT molecular complexity index is 479. The first-order valence-electron chi connectivity index (χ1n) is 6.64. The number of aryl methyl sites for hydroxylation is 1. The minimum atomic E-state index is -2.97. The van der Waals surface area contributed by atoms with Gasteiger partial charge in [-0.05, 0) is 24.0 Å². The fraction of sp³-hybridized carbons (Fsp3) is 0.571. The third-order valence-electron chi connectivity index (χ3n) is 3.50. The Labute approximate surface area is 110 Å². The fourth-order valence-corrected chi connectivity index (χ4v) is 3.98. The van der Waals surface area contributed by atoms with Crippen molar-refractivity contribution in [2.24, 2.45) is 0 Å². The van der Waals surface area contributed by atoms with E-state index in [-0.39, 0.29) is 11.0 Å². The highest BCUT2D eigenvalue weighted by atomic mass is 32.2. The fourth-order valence-electron chi connectivity index (χ4n) is 2.32. The predicted molar refractivity (Wildman–Crippen MR) is 74.5 cm³/mol. The van der Waals surface area contributed by atoms with Gasteiger partial charge in [-0.2, -0.15) is 0 Å². The molecule has 1 aliphatic rings. The van der Waals surface area contributed by atoms with Gasteiger partial charge in [-0.25, -0.2) is 8.42 Å². The Balaban J connectivity index is 2.13. The molecule has 1 aromatic rings. The van der Waals surface area contributed by atoms with Gasteiger partial charge in [0.05, 0.1) is 11.0 Å². The van der Waals surface area contributed by atoms with Crippen LogP contribution in [0.15, 0.2) is 24.3 Å². The number of nitrogens with one attached hydrogen (secondary N) is 1. The zero-order valence-corrected chi connectivity index (χ0v) is 11.7. The van der Waals surface area contributed by atoms with Gasteiger partial charge in [0.2, 0.25) is 0 Å². The summed E-state index contributed by atoms with van der Waals surface area (Å²) in [6, 6.07) is 8.07.